The molecule has 6 heteroatoms. The summed E-state index contributed by atoms with van der Waals surface area (Å²) in [7, 11) is 0. The first-order valence-corrected chi connectivity index (χ1v) is 11.0. The largest absolute Gasteiger partial charge is 0.378 e. The molecule has 5 rings (SSSR count). The van der Waals surface area contributed by atoms with Gasteiger partial charge in [0.2, 0.25) is 0 Å². The van der Waals surface area contributed by atoms with Gasteiger partial charge in [0.15, 0.2) is 0 Å². The number of hydrogen-bond donors (Lipinski definition) is 1. The summed E-state index contributed by atoms with van der Waals surface area (Å²) in [5.74, 6) is 0.372. The number of anilines is 1. The zero-order chi connectivity index (χ0) is 21.2. The van der Waals surface area contributed by atoms with Gasteiger partial charge >= 0.3 is 0 Å². The highest BCUT2D eigenvalue weighted by molar-refractivity contribution is 5.96. The molecule has 3 heterocycles. The molecule has 0 saturated carbocycles. The number of benzene rings is 2. The van der Waals surface area contributed by atoms with Gasteiger partial charge in [-0.3, -0.25) is 4.79 Å². The van der Waals surface area contributed by atoms with Crippen molar-refractivity contribution in [1.29, 1.82) is 5.26 Å². The summed E-state index contributed by atoms with van der Waals surface area (Å²) in [6.07, 6.45) is 1.84. The third-order valence-corrected chi connectivity index (χ3v) is 6.50. The molecule has 2 saturated heterocycles. The van der Waals surface area contributed by atoms with E-state index >= 15 is 0 Å². The highest BCUT2D eigenvalue weighted by Gasteiger charge is 2.26. The Morgan fingerprint density at radius 1 is 1.03 bits per heavy atom. The van der Waals surface area contributed by atoms with E-state index < -0.39 is 0 Å². The monoisotopic (exact) mass is 414 g/mol. The molecule has 0 radical (unpaired) electrons. The zero-order valence-corrected chi connectivity index (χ0v) is 17.5. The quantitative estimate of drug-likeness (QED) is 0.706. The van der Waals surface area contributed by atoms with Crippen LogP contribution in [-0.4, -0.2) is 55.2 Å². The van der Waals surface area contributed by atoms with Crippen LogP contribution in [0.15, 0.2) is 48.5 Å². The average molecular weight is 415 g/mol. The number of ether oxygens (including phenoxy) is 1. The lowest BCUT2D eigenvalue weighted by Gasteiger charge is -2.32. The Labute approximate surface area is 182 Å². The molecule has 2 aromatic carbocycles. The second-order valence-electron chi connectivity index (χ2n) is 8.32. The highest BCUT2D eigenvalue weighted by Crippen LogP contribution is 2.32. The minimum atomic E-state index is -0.0394. The topological polar surface area (TPSA) is 72.4 Å². The summed E-state index contributed by atoms with van der Waals surface area (Å²) in [6.45, 7) is 4.84. The molecule has 158 valence electrons. The van der Waals surface area contributed by atoms with Crippen molar-refractivity contribution in [3.63, 3.8) is 0 Å². The predicted molar refractivity (Wildman–Crippen MR) is 120 cm³/mol. The van der Waals surface area contributed by atoms with Crippen molar-refractivity contribution >= 4 is 22.5 Å². The fraction of sp³-hybridized carbons (Fsp3) is 0.360. The molecule has 0 aliphatic carbocycles. The van der Waals surface area contributed by atoms with Crippen LogP contribution in [0.4, 0.5) is 5.69 Å². The normalized spacial score (nSPS) is 17.6. The predicted octanol–water partition coefficient (Wildman–Crippen LogP) is 3.90. The Morgan fingerprint density at radius 3 is 2.58 bits per heavy atom. The Morgan fingerprint density at radius 2 is 1.81 bits per heavy atom. The Balaban J connectivity index is 1.28. The van der Waals surface area contributed by atoms with Gasteiger partial charge in [-0.15, -0.1) is 0 Å². The number of H-pyrrole nitrogens is 1. The third-order valence-electron chi connectivity index (χ3n) is 6.50. The van der Waals surface area contributed by atoms with Crippen molar-refractivity contribution in [2.75, 3.05) is 44.3 Å². The first kappa shape index (κ1) is 19.7. The van der Waals surface area contributed by atoms with E-state index in [1.165, 1.54) is 22.3 Å². The SMILES string of the molecule is N#Cc1ccccc1C(=O)N1CCC(c2cc3ccc(N4CCOCC4)cc3[nH]2)CC1. The minimum Gasteiger partial charge on any atom is -0.378 e. The molecule has 2 fully saturated rings. The number of aromatic nitrogens is 1. The molecule has 2 aliphatic rings. The second kappa shape index (κ2) is 8.44. The summed E-state index contributed by atoms with van der Waals surface area (Å²) in [5, 5.41) is 10.5. The van der Waals surface area contributed by atoms with Gasteiger partial charge in [-0.05, 0) is 48.6 Å². The Kier molecular flexibility index (Phi) is 5.35. The van der Waals surface area contributed by atoms with Crippen LogP contribution in [0.5, 0.6) is 0 Å². The number of piperidine rings is 1. The highest BCUT2D eigenvalue weighted by atomic mass is 16.5. The van der Waals surface area contributed by atoms with Crippen LogP contribution in [0, 0.1) is 11.3 Å². The van der Waals surface area contributed by atoms with Gasteiger partial charge in [0.1, 0.15) is 0 Å². The van der Waals surface area contributed by atoms with Crippen molar-refractivity contribution in [3.8, 4) is 6.07 Å². The van der Waals surface area contributed by atoms with Crippen LogP contribution >= 0.6 is 0 Å². The Bertz CT molecular complexity index is 1130. The lowest BCUT2D eigenvalue weighted by molar-refractivity contribution is 0.0712. The van der Waals surface area contributed by atoms with Crippen LogP contribution in [-0.2, 0) is 4.74 Å². The molecule has 1 amide bonds. The smallest absolute Gasteiger partial charge is 0.255 e. The number of hydrogen-bond acceptors (Lipinski definition) is 4. The maximum atomic E-state index is 12.9. The number of morpholine rings is 1. The first-order chi connectivity index (χ1) is 15.2. The van der Waals surface area contributed by atoms with E-state index in [0.717, 1.165) is 39.1 Å². The van der Waals surface area contributed by atoms with E-state index in [4.69, 9.17) is 4.74 Å². The van der Waals surface area contributed by atoms with Crippen molar-refractivity contribution < 1.29 is 9.53 Å². The molecule has 31 heavy (non-hydrogen) atoms. The maximum Gasteiger partial charge on any atom is 0.255 e. The number of likely N-dealkylation sites (tertiary alicyclic amines) is 1. The summed E-state index contributed by atoms with van der Waals surface area (Å²) in [4.78, 5) is 20.8. The van der Waals surface area contributed by atoms with Crippen molar-refractivity contribution in [2.45, 2.75) is 18.8 Å². The second-order valence-corrected chi connectivity index (χ2v) is 8.32. The molecule has 6 nitrogen and oxygen atoms in total. The Hall–Kier alpha value is -3.30. The van der Waals surface area contributed by atoms with E-state index in [0.29, 0.717) is 30.1 Å². The third kappa shape index (κ3) is 3.89. The average Bonchev–Trinajstić information content (AvgIpc) is 3.28. The molecule has 0 atom stereocenters. The molecule has 0 unspecified atom stereocenters. The first-order valence-electron chi connectivity index (χ1n) is 11.0. The molecular formula is C25H26N4O2. The van der Waals surface area contributed by atoms with Gasteiger partial charge in [0.05, 0.1) is 30.4 Å². The number of nitriles is 1. The van der Waals surface area contributed by atoms with Gasteiger partial charge < -0.3 is 19.5 Å². The molecule has 0 bridgehead atoms. The van der Waals surface area contributed by atoms with E-state index in [-0.39, 0.29) is 5.91 Å². The molecule has 0 spiro atoms. The van der Waals surface area contributed by atoms with E-state index in [1.54, 1.807) is 18.2 Å². The van der Waals surface area contributed by atoms with Crippen LogP contribution in [0.2, 0.25) is 0 Å². The van der Waals surface area contributed by atoms with Gasteiger partial charge in [-0.25, -0.2) is 0 Å². The summed E-state index contributed by atoms with van der Waals surface area (Å²) in [6, 6.07) is 18.1. The molecule has 2 aliphatic heterocycles. The number of fused-ring (bicyclic) bond motifs is 1. The fourth-order valence-electron chi connectivity index (χ4n) is 4.71. The lowest BCUT2D eigenvalue weighted by atomic mass is 9.93. The number of aromatic amines is 1. The van der Waals surface area contributed by atoms with E-state index in [1.807, 2.05) is 11.0 Å². The standard InChI is InChI=1S/C25H26N4O2/c26-17-20-3-1-2-4-22(20)25(30)29-9-7-18(8-10-29)23-15-19-5-6-21(16-24(19)27-23)28-11-13-31-14-12-28/h1-6,15-16,18,27H,7-14H2. The van der Waals surface area contributed by atoms with Gasteiger partial charge in [-0.1, -0.05) is 18.2 Å². The molecular weight excluding hydrogens is 388 g/mol. The number of carbonyl (C=O) groups is 1. The summed E-state index contributed by atoms with van der Waals surface area (Å²) >= 11 is 0. The lowest BCUT2D eigenvalue weighted by Crippen LogP contribution is -2.38. The van der Waals surface area contributed by atoms with Crippen LogP contribution in [0.3, 0.4) is 0 Å². The summed E-state index contributed by atoms with van der Waals surface area (Å²) < 4.78 is 5.47. The fourth-order valence-corrected chi connectivity index (χ4v) is 4.71. The van der Waals surface area contributed by atoms with Crippen molar-refractivity contribution in [3.05, 3.63) is 65.4 Å². The molecule has 1 aromatic heterocycles. The number of rotatable bonds is 3. The van der Waals surface area contributed by atoms with Gasteiger partial charge in [0.25, 0.3) is 5.91 Å². The van der Waals surface area contributed by atoms with E-state index in [2.05, 4.69) is 40.2 Å². The van der Waals surface area contributed by atoms with Gasteiger partial charge in [0, 0.05) is 49.0 Å². The van der Waals surface area contributed by atoms with Crippen LogP contribution in [0.1, 0.15) is 40.4 Å². The van der Waals surface area contributed by atoms with Gasteiger partial charge in [-0.2, -0.15) is 5.26 Å². The maximum absolute atomic E-state index is 12.9. The minimum absolute atomic E-state index is 0.0394. The molecule has 1 N–H and O–H groups in total. The van der Waals surface area contributed by atoms with E-state index in [9.17, 15) is 10.1 Å². The number of nitrogens with zero attached hydrogens (tertiary/aromatic N) is 3. The number of nitrogens with one attached hydrogen (secondary N) is 1. The van der Waals surface area contributed by atoms with Crippen LogP contribution < -0.4 is 4.90 Å². The molecule has 3 aromatic rings. The zero-order valence-electron chi connectivity index (χ0n) is 17.5. The van der Waals surface area contributed by atoms with Crippen molar-refractivity contribution in [2.24, 2.45) is 0 Å². The summed E-state index contributed by atoms with van der Waals surface area (Å²) in [5.41, 5.74) is 4.60. The van der Waals surface area contributed by atoms with Crippen LogP contribution in [0.25, 0.3) is 10.9 Å². The number of carbonyl (C=O) groups excluding carboxylic acids is 1. The van der Waals surface area contributed by atoms with Crippen molar-refractivity contribution in [1.82, 2.24) is 9.88 Å². The number of amides is 1.